The number of aromatic nitrogens is 1. The number of carbonyl (C=O) groups is 2. The lowest BCUT2D eigenvalue weighted by Gasteiger charge is -2.34. The molecule has 1 fully saturated rings. The third-order valence-electron chi connectivity index (χ3n) is 5.95. The van der Waals surface area contributed by atoms with Gasteiger partial charge in [-0.1, -0.05) is 15.9 Å². The van der Waals surface area contributed by atoms with Crippen molar-refractivity contribution in [1.82, 2.24) is 20.1 Å². The Morgan fingerprint density at radius 3 is 2.58 bits per heavy atom. The van der Waals surface area contributed by atoms with Crippen LogP contribution in [0.4, 0.5) is 5.69 Å². The van der Waals surface area contributed by atoms with Crippen LogP contribution < -0.4 is 10.6 Å². The number of nitrogens with zero attached hydrogens (tertiary/aromatic N) is 4. The van der Waals surface area contributed by atoms with E-state index in [0.29, 0.717) is 49.1 Å². The zero-order valence-corrected chi connectivity index (χ0v) is 23.1. The highest BCUT2D eigenvalue weighted by Crippen LogP contribution is 2.23. The van der Waals surface area contributed by atoms with E-state index in [1.807, 2.05) is 13.8 Å². The minimum absolute atomic E-state index is 0.149. The summed E-state index contributed by atoms with van der Waals surface area (Å²) in [6.07, 6.45) is 7.57. The molecule has 2 rings (SSSR count). The molecule has 0 spiro atoms. The lowest BCUT2D eigenvalue weighted by atomic mass is 10.0. The van der Waals surface area contributed by atoms with Gasteiger partial charge in [-0.15, -0.1) is 0 Å². The third kappa shape index (κ3) is 7.39. The zero-order valence-electron chi connectivity index (χ0n) is 21.5. The van der Waals surface area contributed by atoms with Crippen LogP contribution >= 0.6 is 15.9 Å². The van der Waals surface area contributed by atoms with Gasteiger partial charge in [0.15, 0.2) is 0 Å². The van der Waals surface area contributed by atoms with Crippen LogP contribution in [-0.4, -0.2) is 70.8 Å². The van der Waals surface area contributed by atoms with Gasteiger partial charge in [-0.2, -0.15) is 0 Å². The fraction of sp³-hybridized carbons (Fsp3) is 0.480. The van der Waals surface area contributed by atoms with Crippen molar-refractivity contribution in [2.24, 2.45) is 0 Å². The molecule has 2 heterocycles. The number of carbonyl (C=O) groups excluding carboxylic acids is 2. The van der Waals surface area contributed by atoms with Crippen LogP contribution in [0.3, 0.4) is 0 Å². The quantitative estimate of drug-likeness (QED) is 0.192. The Morgan fingerprint density at radius 2 is 2.03 bits per heavy atom. The summed E-state index contributed by atoms with van der Waals surface area (Å²) in [5.41, 5.74) is 1.36. The topological polar surface area (TPSA) is 121 Å². The standard InChI is InChI=1S/C25H35BrN6O4/c1-6-22(32(35)36)23(21(12-17(4)26)25(34)30(7-2)8-3)29-19-10-9-11-31(16-19)24(33)18-13-20(27-5)15-28-14-18/h6,12-15,19,27,29H,7-11,16H2,1-5H3/b17-12+,22-6+,23-21-. The minimum atomic E-state index is -0.490. The molecule has 196 valence electrons. The number of likely N-dealkylation sites (tertiary alicyclic amines) is 1. The summed E-state index contributed by atoms with van der Waals surface area (Å²) in [4.78, 5) is 45.5. The Labute approximate surface area is 220 Å². The van der Waals surface area contributed by atoms with Crippen molar-refractivity contribution in [3.63, 3.8) is 0 Å². The predicted octanol–water partition coefficient (Wildman–Crippen LogP) is 3.92. The van der Waals surface area contributed by atoms with Crippen LogP contribution in [0.25, 0.3) is 0 Å². The first-order valence-electron chi connectivity index (χ1n) is 12.0. The highest BCUT2D eigenvalue weighted by atomic mass is 79.9. The van der Waals surface area contributed by atoms with Crippen molar-refractivity contribution in [1.29, 1.82) is 0 Å². The van der Waals surface area contributed by atoms with E-state index < -0.39 is 4.92 Å². The number of hydrogen-bond acceptors (Lipinski definition) is 7. The van der Waals surface area contributed by atoms with Crippen LogP contribution in [0, 0.1) is 10.1 Å². The van der Waals surface area contributed by atoms with E-state index in [9.17, 15) is 19.7 Å². The number of nitrogens with one attached hydrogen (secondary N) is 2. The van der Waals surface area contributed by atoms with E-state index in [4.69, 9.17) is 0 Å². The average molecular weight is 563 g/mol. The normalized spacial score (nSPS) is 17.3. The Hall–Kier alpha value is -3.21. The molecule has 2 N–H and O–H groups in total. The molecule has 36 heavy (non-hydrogen) atoms. The van der Waals surface area contributed by atoms with Crippen LogP contribution in [0.2, 0.25) is 0 Å². The van der Waals surface area contributed by atoms with Crippen LogP contribution in [-0.2, 0) is 4.79 Å². The van der Waals surface area contributed by atoms with Gasteiger partial charge < -0.3 is 20.4 Å². The van der Waals surface area contributed by atoms with Crippen molar-refractivity contribution in [3.05, 3.63) is 67.7 Å². The largest absolute Gasteiger partial charge is 0.387 e. The number of amides is 2. The Kier molecular flexibility index (Phi) is 11.1. The Bertz CT molecular complexity index is 1060. The number of halogens is 1. The van der Waals surface area contributed by atoms with Gasteiger partial charge in [0.25, 0.3) is 17.5 Å². The number of allylic oxidation sites excluding steroid dienone is 2. The first kappa shape index (κ1) is 29.0. The molecular weight excluding hydrogens is 528 g/mol. The van der Waals surface area contributed by atoms with Crippen molar-refractivity contribution < 1.29 is 14.5 Å². The molecule has 0 bridgehead atoms. The molecule has 1 unspecified atom stereocenters. The first-order valence-corrected chi connectivity index (χ1v) is 12.8. The van der Waals surface area contributed by atoms with Gasteiger partial charge in [0.2, 0.25) is 0 Å². The molecule has 0 aromatic carbocycles. The molecule has 0 saturated carbocycles. The summed E-state index contributed by atoms with van der Waals surface area (Å²) in [6, 6.07) is 1.46. The third-order valence-corrected chi connectivity index (χ3v) is 6.18. The molecule has 10 nitrogen and oxygen atoms in total. The van der Waals surface area contributed by atoms with Gasteiger partial charge in [-0.05, 0) is 63.2 Å². The summed E-state index contributed by atoms with van der Waals surface area (Å²) >= 11 is 3.38. The number of pyridine rings is 1. The predicted molar refractivity (Wildman–Crippen MR) is 144 cm³/mol. The maximum atomic E-state index is 13.4. The molecule has 1 aromatic heterocycles. The molecule has 2 amide bonds. The van der Waals surface area contributed by atoms with E-state index in [0.717, 1.165) is 5.69 Å². The highest BCUT2D eigenvalue weighted by molar-refractivity contribution is 9.11. The number of rotatable bonds is 10. The maximum absolute atomic E-state index is 13.4. The summed E-state index contributed by atoms with van der Waals surface area (Å²) in [5.74, 6) is -0.464. The number of anilines is 1. The second kappa shape index (κ2) is 13.8. The molecule has 0 aliphatic carbocycles. The Balaban J connectivity index is 2.46. The van der Waals surface area contributed by atoms with E-state index in [1.165, 1.54) is 12.3 Å². The lowest BCUT2D eigenvalue weighted by Crippen LogP contribution is -2.48. The summed E-state index contributed by atoms with van der Waals surface area (Å²) in [6.45, 7) is 8.91. The summed E-state index contributed by atoms with van der Waals surface area (Å²) in [5, 5.41) is 18.2. The smallest absolute Gasteiger partial charge is 0.288 e. The minimum Gasteiger partial charge on any atom is -0.387 e. The van der Waals surface area contributed by atoms with Gasteiger partial charge in [-0.3, -0.25) is 24.7 Å². The lowest BCUT2D eigenvalue weighted by molar-refractivity contribution is -0.421. The van der Waals surface area contributed by atoms with E-state index in [2.05, 4.69) is 31.5 Å². The SMILES string of the molecule is C\C=C(/C(NC1CCCN(C(=O)c2cncc(NC)c2)C1)=C(\C=C(/C)Br)C(=O)N(CC)CC)[N+](=O)[O-]. The molecule has 11 heteroatoms. The fourth-order valence-corrected chi connectivity index (χ4v) is 4.34. The fourth-order valence-electron chi connectivity index (χ4n) is 4.11. The van der Waals surface area contributed by atoms with Crippen molar-refractivity contribution in [2.75, 3.05) is 38.5 Å². The first-order chi connectivity index (χ1) is 17.2. The monoisotopic (exact) mass is 562 g/mol. The number of piperidine rings is 1. The molecule has 1 aliphatic rings. The van der Waals surface area contributed by atoms with Crippen LogP contribution in [0.1, 0.15) is 50.9 Å². The van der Waals surface area contributed by atoms with Crippen molar-refractivity contribution in [2.45, 2.75) is 46.6 Å². The van der Waals surface area contributed by atoms with E-state index in [-0.39, 0.29) is 34.8 Å². The number of nitro groups is 1. The van der Waals surface area contributed by atoms with Crippen molar-refractivity contribution >= 4 is 33.4 Å². The summed E-state index contributed by atoms with van der Waals surface area (Å²) < 4.78 is 0.661. The van der Waals surface area contributed by atoms with Gasteiger partial charge in [0, 0.05) is 51.7 Å². The maximum Gasteiger partial charge on any atom is 0.288 e. The number of likely N-dealkylation sites (N-methyl/N-ethyl adjacent to an activating group) is 1. The Morgan fingerprint density at radius 1 is 1.33 bits per heavy atom. The van der Waals surface area contributed by atoms with Gasteiger partial charge in [-0.25, -0.2) is 0 Å². The zero-order chi connectivity index (χ0) is 26.8. The second-order valence-electron chi connectivity index (χ2n) is 8.38. The molecule has 1 saturated heterocycles. The van der Waals surface area contributed by atoms with Crippen LogP contribution in [0.5, 0.6) is 0 Å². The molecule has 1 atom stereocenters. The average Bonchev–Trinajstić information content (AvgIpc) is 2.87. The van der Waals surface area contributed by atoms with Gasteiger partial charge in [0.1, 0.15) is 5.70 Å². The number of hydrogen-bond donors (Lipinski definition) is 2. The van der Waals surface area contributed by atoms with E-state index in [1.54, 1.807) is 49.0 Å². The van der Waals surface area contributed by atoms with Crippen molar-refractivity contribution in [3.8, 4) is 0 Å². The molecular formula is C25H35BrN6O4. The van der Waals surface area contributed by atoms with Crippen LogP contribution in [0.15, 0.2) is 52.1 Å². The molecule has 1 aromatic rings. The summed E-state index contributed by atoms with van der Waals surface area (Å²) in [7, 11) is 1.76. The van der Waals surface area contributed by atoms with Gasteiger partial charge in [0.05, 0.1) is 21.7 Å². The molecule has 0 radical (unpaired) electrons. The van der Waals surface area contributed by atoms with Gasteiger partial charge >= 0.3 is 0 Å². The highest BCUT2D eigenvalue weighted by Gasteiger charge is 2.31. The molecule has 1 aliphatic heterocycles. The van der Waals surface area contributed by atoms with E-state index >= 15 is 0 Å². The second-order valence-corrected chi connectivity index (χ2v) is 9.63.